The van der Waals surface area contributed by atoms with Crippen molar-refractivity contribution in [3.8, 4) is 22.3 Å². The molecule has 1 saturated heterocycles. The predicted molar refractivity (Wildman–Crippen MR) is 260 cm³/mol. The van der Waals surface area contributed by atoms with Gasteiger partial charge in [0.1, 0.15) is 0 Å². The minimum atomic E-state index is -0.621. The van der Waals surface area contributed by atoms with Crippen LogP contribution >= 0.6 is 0 Å². The minimum Gasteiger partial charge on any atom is -0.399 e. The van der Waals surface area contributed by atoms with Crippen molar-refractivity contribution in [3.63, 3.8) is 0 Å². The van der Waals surface area contributed by atoms with Crippen molar-refractivity contribution in [1.29, 1.82) is 0 Å². The van der Waals surface area contributed by atoms with Crippen LogP contribution in [0.25, 0.3) is 68.0 Å². The first-order valence-corrected chi connectivity index (χ1v) is 22.0. The van der Waals surface area contributed by atoms with Gasteiger partial charge in [0.2, 0.25) is 0 Å². The fraction of sp³-hybridized carbons (Fsp3) is 0.407. The Morgan fingerprint density at radius 2 is 0.918 bits per heavy atom. The van der Waals surface area contributed by atoms with Gasteiger partial charge in [-0.2, -0.15) is 0 Å². The van der Waals surface area contributed by atoms with Gasteiger partial charge in [0.25, 0.3) is 0 Å². The lowest BCUT2D eigenvalue weighted by molar-refractivity contribution is 0.00578. The van der Waals surface area contributed by atoms with Crippen molar-refractivity contribution in [1.82, 2.24) is 19.9 Å². The lowest BCUT2D eigenvalue weighted by atomic mass is 9.76. The summed E-state index contributed by atoms with van der Waals surface area (Å²) in [6.07, 6.45) is 6.42. The molecule has 0 aliphatic carbocycles. The molecule has 61 heavy (non-hydrogen) atoms. The molecular formula is C54H65BN4O2. The largest absolute Gasteiger partial charge is 0.497 e. The van der Waals surface area contributed by atoms with E-state index in [1.54, 1.807) is 0 Å². The van der Waals surface area contributed by atoms with Gasteiger partial charge in [0, 0.05) is 38.7 Å². The first-order chi connectivity index (χ1) is 28.2. The summed E-state index contributed by atoms with van der Waals surface area (Å²) in [5.41, 5.74) is 16.4. The third-order valence-electron chi connectivity index (χ3n) is 13.0. The molecule has 0 radical (unpaired) electrons. The van der Waals surface area contributed by atoms with E-state index in [0.29, 0.717) is 0 Å². The monoisotopic (exact) mass is 813 g/mol. The van der Waals surface area contributed by atoms with Gasteiger partial charge in [0.15, 0.2) is 0 Å². The Morgan fingerprint density at radius 3 is 1.34 bits per heavy atom. The van der Waals surface area contributed by atoms with E-state index in [2.05, 4.69) is 212 Å². The maximum absolute atomic E-state index is 6.77. The summed E-state index contributed by atoms with van der Waals surface area (Å²) in [7, 11) is -0.621. The van der Waals surface area contributed by atoms with Gasteiger partial charge < -0.3 is 19.3 Å². The van der Waals surface area contributed by atoms with Crippen LogP contribution < -0.4 is 0 Å². The molecule has 1 fully saturated rings. The molecule has 2 aromatic carbocycles. The molecule has 0 spiro atoms. The van der Waals surface area contributed by atoms with Crippen LogP contribution in [0.3, 0.4) is 0 Å². The van der Waals surface area contributed by atoms with E-state index in [0.717, 1.165) is 72.6 Å². The molecule has 5 aromatic rings. The van der Waals surface area contributed by atoms with Gasteiger partial charge in [-0.25, -0.2) is 9.97 Å². The summed E-state index contributed by atoms with van der Waals surface area (Å²) in [6, 6.07) is 27.1. The van der Waals surface area contributed by atoms with E-state index in [1.165, 1.54) is 22.3 Å². The smallest absolute Gasteiger partial charge is 0.399 e. The molecule has 7 heteroatoms. The number of H-pyrrole nitrogens is 2. The maximum Gasteiger partial charge on any atom is 0.497 e. The third kappa shape index (κ3) is 8.24. The average Bonchev–Trinajstić information content (AvgIpc) is 3.97. The molecule has 316 valence electrons. The van der Waals surface area contributed by atoms with E-state index in [1.807, 2.05) is 0 Å². The fourth-order valence-electron chi connectivity index (χ4n) is 8.20. The van der Waals surface area contributed by atoms with Gasteiger partial charge in [-0.15, -0.1) is 0 Å². The number of aromatic amines is 2. The first kappa shape index (κ1) is 42.7. The van der Waals surface area contributed by atoms with E-state index >= 15 is 0 Å². The minimum absolute atomic E-state index is 0.0451. The summed E-state index contributed by atoms with van der Waals surface area (Å²) >= 11 is 0. The van der Waals surface area contributed by atoms with Crippen molar-refractivity contribution >= 4 is 52.9 Å². The highest BCUT2D eigenvalue weighted by molar-refractivity contribution is 6.70. The molecule has 2 N–H and O–H groups in total. The van der Waals surface area contributed by atoms with Gasteiger partial charge in [-0.3, -0.25) is 0 Å². The molecule has 6 nitrogen and oxygen atoms in total. The number of benzene rings is 2. The second kappa shape index (κ2) is 14.3. The highest BCUT2D eigenvalue weighted by Gasteiger charge is 2.53. The van der Waals surface area contributed by atoms with Crippen LogP contribution in [0.2, 0.25) is 0 Å². The zero-order valence-corrected chi connectivity index (χ0v) is 39.4. The Balaban J connectivity index is 1.48. The summed E-state index contributed by atoms with van der Waals surface area (Å²) in [5, 5.41) is 0. The predicted octanol–water partition coefficient (Wildman–Crippen LogP) is 14.2. The normalized spacial score (nSPS) is 16.7. The van der Waals surface area contributed by atoms with Crippen LogP contribution in [0, 0.1) is 0 Å². The summed E-state index contributed by atoms with van der Waals surface area (Å²) in [4.78, 5) is 18.5. The Labute approximate surface area is 364 Å². The van der Waals surface area contributed by atoms with Gasteiger partial charge in [-0.1, -0.05) is 119 Å². The zero-order valence-electron chi connectivity index (χ0n) is 39.4. The van der Waals surface area contributed by atoms with Crippen molar-refractivity contribution in [2.45, 2.75) is 144 Å². The topological polar surface area (TPSA) is 75.8 Å². The molecule has 0 amide bonds. The van der Waals surface area contributed by atoms with E-state index in [9.17, 15) is 0 Å². The van der Waals surface area contributed by atoms with Crippen LogP contribution in [0.5, 0.6) is 0 Å². The Hall–Kier alpha value is -4.98. The molecule has 0 saturated carbocycles. The molecule has 6 heterocycles. The number of aromatic nitrogens is 4. The van der Waals surface area contributed by atoms with Crippen molar-refractivity contribution in [2.24, 2.45) is 0 Å². The second-order valence-corrected chi connectivity index (χ2v) is 22.6. The quantitative estimate of drug-likeness (QED) is 0.175. The number of hydrogen-bond acceptors (Lipinski definition) is 4. The number of nitrogens with one attached hydrogen (secondary N) is 2. The molecule has 3 aliphatic heterocycles. The maximum atomic E-state index is 6.77. The van der Waals surface area contributed by atoms with Crippen LogP contribution in [0.15, 0.2) is 72.8 Å². The van der Waals surface area contributed by atoms with Crippen LogP contribution in [-0.2, 0) is 31.0 Å². The number of nitrogens with zero attached hydrogens (tertiary/aromatic N) is 2. The highest BCUT2D eigenvalue weighted by atomic mass is 16.7. The first-order valence-electron chi connectivity index (χ1n) is 22.0. The summed E-state index contributed by atoms with van der Waals surface area (Å²) in [5.74, 6) is 0. The lowest BCUT2D eigenvalue weighted by Crippen LogP contribution is -2.41. The van der Waals surface area contributed by atoms with Crippen molar-refractivity contribution in [2.75, 3.05) is 0 Å². The Bertz CT molecular complexity index is 2720. The molecule has 3 aromatic heterocycles. The fourth-order valence-corrected chi connectivity index (χ4v) is 8.20. The van der Waals surface area contributed by atoms with Gasteiger partial charge in [-0.05, 0) is 137 Å². The highest BCUT2D eigenvalue weighted by Crippen LogP contribution is 2.44. The molecule has 0 atom stereocenters. The molecule has 8 rings (SSSR count). The summed E-state index contributed by atoms with van der Waals surface area (Å²) < 4.78 is 13.5. The molecule has 3 aliphatic rings. The van der Waals surface area contributed by atoms with E-state index < -0.39 is 18.3 Å². The number of hydrogen-bond donors (Lipinski definition) is 2. The van der Waals surface area contributed by atoms with Gasteiger partial charge in [0.05, 0.1) is 34.0 Å². The zero-order chi connectivity index (χ0) is 44.2. The molecule has 0 unspecified atom stereocenters. The van der Waals surface area contributed by atoms with Crippen molar-refractivity contribution in [3.05, 3.63) is 118 Å². The molecule has 8 bridgehead atoms. The van der Waals surface area contributed by atoms with Gasteiger partial charge >= 0.3 is 7.12 Å². The average molecular weight is 813 g/mol. The standard InChI is InChI=1S/C54H65BN4O2/c1-49(2,3)34-23-32(24-35(27-34)50(4,5)6)47-42-20-17-38(56-42)29-39-18-21-44(57-39)48(33-25-36(51(7,8)9)28-37(26-33)52(10,11)12)46-31-41(55-60-53(13,14)54(15,16)61-55)45(59-46)30-40-19-22-43(47)58-40/h17-31,56-57H,1-16H3. The van der Waals surface area contributed by atoms with E-state index in [4.69, 9.17) is 19.3 Å². The Morgan fingerprint density at radius 1 is 0.492 bits per heavy atom. The second-order valence-electron chi connectivity index (χ2n) is 22.6. The van der Waals surface area contributed by atoms with Crippen LogP contribution in [0.4, 0.5) is 0 Å². The lowest BCUT2D eigenvalue weighted by Gasteiger charge is -2.32. The Kier molecular flexibility index (Phi) is 10.0. The number of rotatable bonds is 3. The van der Waals surface area contributed by atoms with Crippen LogP contribution in [0.1, 0.15) is 156 Å². The van der Waals surface area contributed by atoms with Crippen LogP contribution in [-0.4, -0.2) is 38.3 Å². The van der Waals surface area contributed by atoms with E-state index in [-0.39, 0.29) is 21.7 Å². The summed E-state index contributed by atoms with van der Waals surface area (Å²) in [6.45, 7) is 35.8. The third-order valence-corrected chi connectivity index (χ3v) is 13.0. The molecular weight excluding hydrogens is 747 g/mol. The number of fused-ring (bicyclic) bond motifs is 8. The van der Waals surface area contributed by atoms with Crippen molar-refractivity contribution < 1.29 is 9.31 Å². The SMILES string of the molecule is CC(C)(C)c1cc(-c2c3nc(cc4nc(c(-c5cc(C(C)(C)C)cc(C(C)(C)C)c5)c5ccc(cc6ccc2[nH]6)[nH]5)C=C4B2OC(C)(C)C(C)(C)O2)C=C3)cc(C(C)(C)C)c1.